The van der Waals surface area contributed by atoms with E-state index < -0.39 is 5.54 Å². The zero-order valence-electron chi connectivity index (χ0n) is 13.3. The highest BCUT2D eigenvalue weighted by molar-refractivity contribution is 5.17. The van der Waals surface area contributed by atoms with E-state index in [2.05, 4.69) is 19.0 Å². The average Bonchev–Trinajstić information content (AvgIpc) is 2.96. The van der Waals surface area contributed by atoms with Crippen LogP contribution >= 0.6 is 0 Å². The molecule has 21 heavy (non-hydrogen) atoms. The zero-order valence-corrected chi connectivity index (χ0v) is 13.3. The molecule has 4 aliphatic carbocycles. The summed E-state index contributed by atoms with van der Waals surface area (Å²) in [5.74, 6) is 4.32. The van der Waals surface area contributed by atoms with Crippen molar-refractivity contribution >= 4 is 0 Å². The second-order valence-electron chi connectivity index (χ2n) is 7.98. The van der Waals surface area contributed by atoms with Gasteiger partial charge in [0.05, 0.1) is 5.54 Å². The number of aromatic nitrogens is 2. The van der Waals surface area contributed by atoms with Crippen LogP contribution in [0, 0.1) is 17.8 Å². The fourth-order valence-corrected chi connectivity index (χ4v) is 5.58. The maximum absolute atomic E-state index is 6.43. The van der Waals surface area contributed by atoms with E-state index in [9.17, 15) is 0 Å². The van der Waals surface area contributed by atoms with Gasteiger partial charge in [-0.15, -0.1) is 0 Å². The highest BCUT2D eigenvalue weighted by atomic mass is 16.5. The van der Waals surface area contributed by atoms with Gasteiger partial charge in [-0.1, -0.05) is 19.0 Å². The molecule has 0 aromatic carbocycles. The van der Waals surface area contributed by atoms with Crippen LogP contribution in [0.25, 0.3) is 0 Å². The van der Waals surface area contributed by atoms with Crippen molar-refractivity contribution in [1.29, 1.82) is 0 Å². The summed E-state index contributed by atoms with van der Waals surface area (Å²) in [5, 5.41) is 4.40. The molecule has 4 bridgehead atoms. The lowest BCUT2D eigenvalue weighted by atomic mass is 9.49. The fourth-order valence-electron chi connectivity index (χ4n) is 5.58. The number of hydrogen-bond donors (Lipinski definition) is 1. The quantitative estimate of drug-likeness (QED) is 0.921. The van der Waals surface area contributed by atoms with Crippen LogP contribution in [0.4, 0.5) is 0 Å². The Balaban J connectivity index is 1.67. The topological polar surface area (TPSA) is 64.9 Å². The largest absolute Gasteiger partial charge is 0.337 e. The molecule has 0 radical (unpaired) electrons. The molecule has 4 aliphatic rings. The van der Waals surface area contributed by atoms with Crippen LogP contribution in [0.1, 0.15) is 76.9 Å². The number of rotatable bonds is 4. The summed E-state index contributed by atoms with van der Waals surface area (Å²) in [6, 6.07) is 0. The standard InChI is InChI=1S/C17H27N3O/c1-3-17(18,4-2)15-19-14(20-21-15)16-8-11-5-12(9-16)7-13(6-11)10-16/h11-13H,3-10,18H2,1-2H3. The smallest absolute Gasteiger partial charge is 0.246 e. The van der Waals surface area contributed by atoms with Crippen molar-refractivity contribution in [3.8, 4) is 0 Å². The molecule has 4 heteroatoms. The lowest BCUT2D eigenvalue weighted by molar-refractivity contribution is -0.0103. The van der Waals surface area contributed by atoms with Crippen LogP contribution in [-0.2, 0) is 11.0 Å². The summed E-state index contributed by atoms with van der Waals surface area (Å²) < 4.78 is 5.61. The van der Waals surface area contributed by atoms with Gasteiger partial charge in [0.1, 0.15) is 0 Å². The van der Waals surface area contributed by atoms with Gasteiger partial charge in [-0.2, -0.15) is 4.98 Å². The molecular weight excluding hydrogens is 262 g/mol. The molecule has 0 saturated heterocycles. The number of hydrogen-bond acceptors (Lipinski definition) is 4. The van der Waals surface area contributed by atoms with Crippen molar-refractivity contribution in [3.63, 3.8) is 0 Å². The van der Waals surface area contributed by atoms with E-state index in [0.29, 0.717) is 5.89 Å². The second kappa shape index (κ2) is 4.55. The molecule has 1 aromatic rings. The van der Waals surface area contributed by atoms with E-state index in [1.165, 1.54) is 38.5 Å². The third kappa shape index (κ3) is 1.98. The first kappa shape index (κ1) is 13.7. The minimum absolute atomic E-state index is 0.207. The van der Waals surface area contributed by atoms with Gasteiger partial charge in [0.25, 0.3) is 0 Å². The summed E-state index contributed by atoms with van der Waals surface area (Å²) in [5.41, 5.74) is 6.18. The average molecular weight is 289 g/mol. The summed E-state index contributed by atoms with van der Waals surface area (Å²) >= 11 is 0. The third-order valence-corrected chi connectivity index (χ3v) is 6.63. The van der Waals surface area contributed by atoms with E-state index in [1.54, 1.807) is 0 Å². The molecule has 0 atom stereocenters. The molecule has 5 rings (SSSR count). The van der Waals surface area contributed by atoms with Crippen molar-refractivity contribution in [2.45, 2.75) is 76.2 Å². The van der Waals surface area contributed by atoms with Gasteiger partial charge in [-0.05, 0) is 69.1 Å². The normalized spacial score (nSPS) is 38.1. The molecule has 1 heterocycles. The first-order valence-electron chi connectivity index (χ1n) is 8.70. The molecular formula is C17H27N3O. The second-order valence-corrected chi connectivity index (χ2v) is 7.98. The van der Waals surface area contributed by atoms with E-state index in [4.69, 9.17) is 15.2 Å². The van der Waals surface area contributed by atoms with Crippen molar-refractivity contribution < 1.29 is 4.52 Å². The van der Waals surface area contributed by atoms with Crippen LogP contribution in [0.15, 0.2) is 4.52 Å². The van der Waals surface area contributed by atoms with Gasteiger partial charge in [0.2, 0.25) is 5.89 Å². The first-order chi connectivity index (χ1) is 10.1. The van der Waals surface area contributed by atoms with Crippen LogP contribution < -0.4 is 5.73 Å². The maximum Gasteiger partial charge on any atom is 0.246 e. The summed E-state index contributed by atoms with van der Waals surface area (Å²) in [6.07, 6.45) is 9.81. The first-order valence-corrected chi connectivity index (χ1v) is 8.70. The third-order valence-electron chi connectivity index (χ3n) is 6.63. The summed E-state index contributed by atoms with van der Waals surface area (Å²) in [7, 11) is 0. The van der Waals surface area contributed by atoms with Gasteiger partial charge < -0.3 is 10.3 Å². The highest BCUT2D eigenvalue weighted by Gasteiger charge is 2.54. The molecule has 4 nitrogen and oxygen atoms in total. The minimum Gasteiger partial charge on any atom is -0.337 e. The Labute approximate surface area is 126 Å². The Morgan fingerprint density at radius 2 is 1.62 bits per heavy atom. The van der Waals surface area contributed by atoms with Crippen molar-refractivity contribution in [2.75, 3.05) is 0 Å². The van der Waals surface area contributed by atoms with Gasteiger partial charge in [0, 0.05) is 5.41 Å². The monoisotopic (exact) mass is 289 g/mol. The van der Waals surface area contributed by atoms with E-state index >= 15 is 0 Å². The predicted molar refractivity (Wildman–Crippen MR) is 80.6 cm³/mol. The van der Waals surface area contributed by atoms with E-state index in [1.807, 2.05) is 0 Å². The Hall–Kier alpha value is -0.900. The maximum atomic E-state index is 6.43. The molecule has 1 aromatic heterocycles. The number of nitrogens with zero attached hydrogens (tertiary/aromatic N) is 2. The highest BCUT2D eigenvalue weighted by Crippen LogP contribution is 2.60. The number of nitrogens with two attached hydrogens (primary N) is 1. The molecule has 2 N–H and O–H groups in total. The lowest BCUT2D eigenvalue weighted by Gasteiger charge is -2.55. The van der Waals surface area contributed by atoms with Gasteiger partial charge in [0.15, 0.2) is 5.82 Å². The Morgan fingerprint density at radius 1 is 1.10 bits per heavy atom. The van der Waals surface area contributed by atoms with Gasteiger partial charge in [-0.25, -0.2) is 0 Å². The predicted octanol–water partition coefficient (Wildman–Crippen LogP) is 3.51. The van der Waals surface area contributed by atoms with Crippen LogP contribution in [-0.4, -0.2) is 10.1 Å². The van der Waals surface area contributed by atoms with E-state index in [-0.39, 0.29) is 5.41 Å². The van der Waals surface area contributed by atoms with Crippen molar-refractivity contribution in [1.82, 2.24) is 10.1 Å². The van der Waals surface area contributed by atoms with Crippen molar-refractivity contribution in [2.24, 2.45) is 23.5 Å². The molecule has 116 valence electrons. The molecule has 4 fully saturated rings. The van der Waals surface area contributed by atoms with Crippen LogP contribution in [0.5, 0.6) is 0 Å². The van der Waals surface area contributed by atoms with E-state index in [0.717, 1.165) is 36.4 Å². The van der Waals surface area contributed by atoms with Crippen LogP contribution in [0.2, 0.25) is 0 Å². The fraction of sp³-hybridized carbons (Fsp3) is 0.882. The Bertz CT molecular complexity index is 497. The lowest BCUT2D eigenvalue weighted by Crippen LogP contribution is -2.49. The summed E-state index contributed by atoms with van der Waals surface area (Å²) in [6.45, 7) is 4.19. The minimum atomic E-state index is -0.451. The summed E-state index contributed by atoms with van der Waals surface area (Å²) in [4.78, 5) is 4.81. The van der Waals surface area contributed by atoms with Gasteiger partial charge in [-0.3, -0.25) is 0 Å². The molecule has 0 amide bonds. The Kier molecular flexibility index (Phi) is 2.97. The molecule has 0 spiro atoms. The van der Waals surface area contributed by atoms with Crippen LogP contribution in [0.3, 0.4) is 0 Å². The SMILES string of the molecule is CCC(N)(CC)c1nc(C23CC4CC(CC(C4)C2)C3)no1. The zero-order chi connectivity index (χ0) is 14.7. The van der Waals surface area contributed by atoms with Crippen molar-refractivity contribution in [3.05, 3.63) is 11.7 Å². The Morgan fingerprint density at radius 3 is 2.10 bits per heavy atom. The van der Waals surface area contributed by atoms with Gasteiger partial charge >= 0.3 is 0 Å². The molecule has 0 unspecified atom stereocenters. The molecule has 4 saturated carbocycles. The molecule has 0 aliphatic heterocycles.